The Morgan fingerprint density at radius 3 is 2.70 bits per heavy atom. The molecule has 146 valence electrons. The summed E-state index contributed by atoms with van der Waals surface area (Å²) in [5.74, 6) is -0.636. The summed E-state index contributed by atoms with van der Waals surface area (Å²) >= 11 is 1.51. The Kier molecular flexibility index (Phi) is 6.11. The van der Waals surface area contributed by atoms with Gasteiger partial charge in [-0.3, -0.25) is 4.79 Å². The van der Waals surface area contributed by atoms with Crippen LogP contribution >= 0.6 is 11.3 Å². The number of carboxylic acid groups (broad SMARTS) is 1. The minimum Gasteiger partial charge on any atom is -0.481 e. The Morgan fingerprint density at radius 1 is 1.33 bits per heavy atom. The van der Waals surface area contributed by atoms with Crippen LogP contribution in [0, 0.1) is 5.41 Å². The molecular formula is C20H27N3O3S. The molecule has 0 saturated carbocycles. The monoisotopic (exact) mass is 389 g/mol. The number of hydrogen-bond acceptors (Lipinski definition) is 6. The maximum Gasteiger partial charge on any atom is 0.314 e. The quantitative estimate of drug-likeness (QED) is 0.755. The Morgan fingerprint density at radius 2 is 2.07 bits per heavy atom. The van der Waals surface area contributed by atoms with Gasteiger partial charge < -0.3 is 15.1 Å². The number of nitrogens with zero attached hydrogens (tertiary/aromatic N) is 3. The summed E-state index contributed by atoms with van der Waals surface area (Å²) in [6.45, 7) is 5.00. The first kappa shape index (κ1) is 19.8. The van der Waals surface area contributed by atoms with Gasteiger partial charge in [0.1, 0.15) is 10.4 Å². The molecule has 2 atom stereocenters. The number of aliphatic hydroxyl groups excluding tert-OH is 1. The molecule has 7 heteroatoms. The third-order valence-corrected chi connectivity index (χ3v) is 6.62. The van der Waals surface area contributed by atoms with E-state index in [4.69, 9.17) is 0 Å². The van der Waals surface area contributed by atoms with Gasteiger partial charge in [-0.25, -0.2) is 0 Å². The normalized spacial score (nSPS) is 23.0. The first-order chi connectivity index (χ1) is 12.9. The van der Waals surface area contributed by atoms with E-state index >= 15 is 0 Å². The second kappa shape index (κ2) is 8.35. The van der Waals surface area contributed by atoms with Gasteiger partial charge in [0.2, 0.25) is 5.13 Å². The third kappa shape index (κ3) is 4.30. The minimum atomic E-state index is -1.17. The van der Waals surface area contributed by atoms with E-state index in [1.165, 1.54) is 16.9 Å². The molecule has 0 amide bonds. The van der Waals surface area contributed by atoms with Crippen LogP contribution in [0.25, 0.3) is 0 Å². The van der Waals surface area contributed by atoms with Gasteiger partial charge in [0.25, 0.3) is 0 Å². The first-order valence-corrected chi connectivity index (χ1v) is 10.3. The molecule has 0 aliphatic carbocycles. The highest BCUT2D eigenvalue weighted by Gasteiger charge is 2.49. The second-order valence-corrected chi connectivity index (χ2v) is 8.59. The molecule has 0 radical (unpaired) electrons. The van der Waals surface area contributed by atoms with Crippen molar-refractivity contribution >= 4 is 22.4 Å². The lowest BCUT2D eigenvalue weighted by Gasteiger charge is -2.43. The Balaban J connectivity index is 1.73. The highest BCUT2D eigenvalue weighted by Crippen LogP contribution is 2.39. The number of aryl methyl sites for hydroxylation is 1. The van der Waals surface area contributed by atoms with Gasteiger partial charge in [-0.05, 0) is 31.2 Å². The van der Waals surface area contributed by atoms with Crippen molar-refractivity contribution in [2.24, 2.45) is 5.41 Å². The first-order valence-electron chi connectivity index (χ1n) is 9.46. The number of hydrogen-bond donors (Lipinski definition) is 2. The van der Waals surface area contributed by atoms with E-state index in [1.807, 2.05) is 35.2 Å². The molecular weight excluding hydrogens is 362 g/mol. The molecule has 1 aliphatic heterocycles. The lowest BCUT2D eigenvalue weighted by molar-refractivity contribution is -0.158. The van der Waals surface area contributed by atoms with Crippen LogP contribution in [-0.2, 0) is 11.2 Å². The molecule has 0 spiro atoms. The number of anilines is 1. The molecule has 2 N–H and O–H groups in total. The molecule has 2 aromatic rings. The van der Waals surface area contributed by atoms with Crippen molar-refractivity contribution in [2.45, 2.75) is 51.6 Å². The molecule has 1 aromatic carbocycles. The second-order valence-electron chi connectivity index (χ2n) is 7.60. The van der Waals surface area contributed by atoms with Crippen LogP contribution < -0.4 is 4.90 Å². The Bertz CT molecular complexity index is 765. The summed E-state index contributed by atoms with van der Waals surface area (Å²) in [5.41, 5.74) is 0.0161. The average Bonchev–Trinajstić information content (AvgIpc) is 3.14. The lowest BCUT2D eigenvalue weighted by Crippen LogP contribution is -2.56. The number of rotatable bonds is 7. The number of aliphatic carboxylic acids is 1. The van der Waals surface area contributed by atoms with Crippen molar-refractivity contribution in [1.82, 2.24) is 10.2 Å². The van der Waals surface area contributed by atoms with Gasteiger partial charge >= 0.3 is 5.97 Å². The number of aromatic nitrogens is 2. The number of carbonyl (C=O) groups is 1. The molecule has 6 nitrogen and oxygen atoms in total. The van der Waals surface area contributed by atoms with E-state index in [0.717, 1.165) is 16.6 Å². The number of carboxylic acids is 1. The number of aliphatic hydroxyl groups is 1. The van der Waals surface area contributed by atoms with E-state index in [1.54, 1.807) is 0 Å². The molecule has 1 fully saturated rings. The molecule has 2 heterocycles. The van der Waals surface area contributed by atoms with Crippen molar-refractivity contribution in [1.29, 1.82) is 0 Å². The molecule has 3 rings (SSSR count). The number of benzene rings is 1. The van der Waals surface area contributed by atoms with Gasteiger partial charge in [-0.1, -0.05) is 55.5 Å². The SMILES string of the molecule is CC(C)c1nnc(N2CC[C@@H](O)[C@](CCCc3ccccc3)(C(=O)O)C2)s1. The summed E-state index contributed by atoms with van der Waals surface area (Å²) < 4.78 is 0. The van der Waals surface area contributed by atoms with Gasteiger partial charge in [-0.2, -0.15) is 0 Å². The summed E-state index contributed by atoms with van der Waals surface area (Å²) in [6, 6.07) is 10.0. The predicted molar refractivity (Wildman–Crippen MR) is 106 cm³/mol. The Labute approximate surface area is 163 Å². The fourth-order valence-electron chi connectivity index (χ4n) is 3.65. The summed E-state index contributed by atoms with van der Waals surface area (Å²) in [5, 5.41) is 30.8. The van der Waals surface area contributed by atoms with Gasteiger partial charge in [0.05, 0.1) is 6.10 Å². The predicted octanol–water partition coefficient (Wildman–Crippen LogP) is 3.33. The van der Waals surface area contributed by atoms with Crippen molar-refractivity contribution < 1.29 is 15.0 Å². The molecule has 0 unspecified atom stereocenters. The number of piperidine rings is 1. The fourth-order valence-corrected chi connectivity index (χ4v) is 4.52. The Hall–Kier alpha value is -1.99. The zero-order chi connectivity index (χ0) is 19.4. The topological polar surface area (TPSA) is 86.5 Å². The van der Waals surface area contributed by atoms with Crippen molar-refractivity contribution in [2.75, 3.05) is 18.0 Å². The van der Waals surface area contributed by atoms with E-state index in [9.17, 15) is 15.0 Å². The highest BCUT2D eigenvalue weighted by molar-refractivity contribution is 7.15. The maximum atomic E-state index is 12.2. The summed E-state index contributed by atoms with van der Waals surface area (Å²) in [4.78, 5) is 14.2. The van der Waals surface area contributed by atoms with Gasteiger partial charge in [0.15, 0.2) is 0 Å². The summed E-state index contributed by atoms with van der Waals surface area (Å²) in [6.07, 6.45) is 1.53. The van der Waals surface area contributed by atoms with Gasteiger partial charge in [-0.15, -0.1) is 10.2 Å². The largest absolute Gasteiger partial charge is 0.481 e. The van der Waals surface area contributed by atoms with Crippen molar-refractivity contribution in [3.8, 4) is 0 Å². The molecule has 0 bridgehead atoms. The minimum absolute atomic E-state index is 0.269. The van der Waals surface area contributed by atoms with E-state index in [0.29, 0.717) is 31.7 Å². The molecule has 1 aromatic heterocycles. The standard InChI is InChI=1S/C20H27N3O3S/c1-14(2)17-21-22-19(27-17)23-12-10-16(24)20(13-23,18(25)26)11-6-9-15-7-4-3-5-8-15/h3-5,7-8,14,16,24H,6,9-13H2,1-2H3,(H,25,26)/t16-,20-/m1/s1. The zero-order valence-corrected chi connectivity index (χ0v) is 16.7. The molecule has 1 saturated heterocycles. The molecule has 27 heavy (non-hydrogen) atoms. The average molecular weight is 390 g/mol. The van der Waals surface area contributed by atoms with Gasteiger partial charge in [0, 0.05) is 19.0 Å². The van der Waals surface area contributed by atoms with Crippen LogP contribution in [0.4, 0.5) is 5.13 Å². The van der Waals surface area contributed by atoms with Crippen molar-refractivity contribution in [3.63, 3.8) is 0 Å². The smallest absolute Gasteiger partial charge is 0.314 e. The third-order valence-electron chi connectivity index (χ3n) is 5.33. The van der Waals surface area contributed by atoms with Crippen LogP contribution in [0.15, 0.2) is 30.3 Å². The van der Waals surface area contributed by atoms with E-state index < -0.39 is 17.5 Å². The van der Waals surface area contributed by atoms with E-state index in [-0.39, 0.29) is 6.54 Å². The van der Waals surface area contributed by atoms with Crippen LogP contribution in [0.5, 0.6) is 0 Å². The van der Waals surface area contributed by atoms with Crippen LogP contribution in [0.1, 0.15) is 49.6 Å². The lowest BCUT2D eigenvalue weighted by atomic mass is 9.73. The highest BCUT2D eigenvalue weighted by atomic mass is 32.1. The van der Waals surface area contributed by atoms with Crippen LogP contribution in [0.2, 0.25) is 0 Å². The van der Waals surface area contributed by atoms with E-state index in [2.05, 4.69) is 24.0 Å². The van der Waals surface area contributed by atoms with Crippen LogP contribution in [0.3, 0.4) is 0 Å². The fraction of sp³-hybridized carbons (Fsp3) is 0.550. The maximum absolute atomic E-state index is 12.2. The van der Waals surface area contributed by atoms with Crippen LogP contribution in [-0.4, -0.2) is 45.6 Å². The molecule has 1 aliphatic rings. The zero-order valence-electron chi connectivity index (χ0n) is 15.8. The summed E-state index contributed by atoms with van der Waals surface area (Å²) in [7, 11) is 0. The van der Waals surface area contributed by atoms with Crippen molar-refractivity contribution in [3.05, 3.63) is 40.9 Å².